The second-order valence-corrected chi connectivity index (χ2v) is 12.0. The Balaban J connectivity index is 3.13. The Morgan fingerprint density at radius 1 is 0.795 bits per heavy atom. The van der Waals surface area contributed by atoms with Crippen molar-refractivity contribution in [3.8, 4) is 0 Å². The number of aliphatic hydroxyl groups excluding tert-OH is 6. The first-order valence-electron chi connectivity index (χ1n) is 15.6. The van der Waals surface area contributed by atoms with E-state index in [0.717, 1.165) is 0 Å². The first kappa shape index (κ1) is 39.4. The Labute approximate surface area is 261 Å². The number of carbonyl (C=O) groups excluding carboxylic acids is 1. The lowest BCUT2D eigenvalue weighted by molar-refractivity contribution is -0.163. The second kappa shape index (κ2) is 21.2. The Hall–Kier alpha value is -2.60. The van der Waals surface area contributed by atoms with Crippen LogP contribution in [0.4, 0.5) is 0 Å². The van der Waals surface area contributed by atoms with Crippen LogP contribution in [0.25, 0.3) is 0 Å². The molecule has 1 heterocycles. The summed E-state index contributed by atoms with van der Waals surface area (Å²) in [5.41, 5.74) is 0. The lowest BCUT2D eigenvalue weighted by atomic mass is 9.90. The van der Waals surface area contributed by atoms with Gasteiger partial charge in [0.1, 0.15) is 12.0 Å². The van der Waals surface area contributed by atoms with Gasteiger partial charge in [-0.05, 0) is 38.0 Å². The van der Waals surface area contributed by atoms with Gasteiger partial charge in [0.15, 0.2) is 0 Å². The minimum absolute atomic E-state index is 0.0162. The molecule has 0 saturated carbocycles. The van der Waals surface area contributed by atoms with E-state index in [4.69, 9.17) is 4.74 Å². The molecule has 1 rings (SSSR count). The summed E-state index contributed by atoms with van der Waals surface area (Å²) in [5.74, 6) is -4.41. The number of carboxylic acid groups (broad SMARTS) is 1. The van der Waals surface area contributed by atoms with Crippen molar-refractivity contribution < 1.29 is 50.1 Å². The van der Waals surface area contributed by atoms with Gasteiger partial charge in [0.25, 0.3) is 0 Å². The van der Waals surface area contributed by atoms with Crippen molar-refractivity contribution in [1.82, 2.24) is 0 Å². The highest BCUT2D eigenvalue weighted by atomic mass is 16.5. The van der Waals surface area contributed by atoms with Crippen LogP contribution in [0.15, 0.2) is 60.8 Å². The molecule has 250 valence electrons. The lowest BCUT2D eigenvalue weighted by Crippen LogP contribution is -2.39. The largest absolute Gasteiger partial charge is 0.481 e. The molecule has 0 aromatic rings. The van der Waals surface area contributed by atoms with Crippen molar-refractivity contribution in [2.75, 3.05) is 0 Å². The average Bonchev–Trinajstić information content (AvgIpc) is 2.91. The van der Waals surface area contributed by atoms with Crippen LogP contribution in [-0.4, -0.2) is 90.4 Å². The highest BCUT2D eigenvalue weighted by Gasteiger charge is 2.34. The zero-order valence-corrected chi connectivity index (χ0v) is 26.4. The maximum Gasteiger partial charge on any atom is 0.312 e. The SMILES string of the molecule is CC[C@H]1C(=O)O[C@H](C(C)C)[C@@H](C)\C=C/C=C\C=C/C=C\C=C/[C@@H](O)[C@H](C(=O)O)[C@H](O)C[C@H](O)CCC[C@H](O)C[C@H](O)C[C@@H]1O. The van der Waals surface area contributed by atoms with Gasteiger partial charge in [-0.25, -0.2) is 0 Å². The fraction of sp³-hybridized carbons (Fsp3) is 0.647. The molecule has 10 atom stereocenters. The summed E-state index contributed by atoms with van der Waals surface area (Å²) in [6.07, 6.45) is 9.78. The fourth-order valence-electron chi connectivity index (χ4n) is 5.34. The third-order valence-electron chi connectivity index (χ3n) is 7.85. The molecule has 0 aromatic carbocycles. The van der Waals surface area contributed by atoms with Crippen molar-refractivity contribution in [3.63, 3.8) is 0 Å². The van der Waals surface area contributed by atoms with Gasteiger partial charge in [-0.15, -0.1) is 0 Å². The van der Waals surface area contributed by atoms with E-state index in [-0.39, 0.29) is 43.9 Å². The number of aliphatic hydroxyl groups is 6. The average molecular weight is 623 g/mol. The quantitative estimate of drug-likeness (QED) is 0.231. The second-order valence-electron chi connectivity index (χ2n) is 12.0. The molecule has 0 aliphatic carbocycles. The van der Waals surface area contributed by atoms with Crippen molar-refractivity contribution >= 4 is 11.9 Å². The number of esters is 1. The predicted molar refractivity (Wildman–Crippen MR) is 168 cm³/mol. The summed E-state index contributed by atoms with van der Waals surface area (Å²) in [6.45, 7) is 7.61. The topological polar surface area (TPSA) is 185 Å². The van der Waals surface area contributed by atoms with Gasteiger partial charge in [-0.2, -0.15) is 0 Å². The highest BCUT2D eigenvalue weighted by molar-refractivity contribution is 5.73. The van der Waals surface area contributed by atoms with Crippen LogP contribution in [0.2, 0.25) is 0 Å². The van der Waals surface area contributed by atoms with Crippen LogP contribution in [-0.2, 0) is 14.3 Å². The predicted octanol–water partition coefficient (Wildman–Crippen LogP) is 3.22. The number of aliphatic carboxylic acids is 1. The van der Waals surface area contributed by atoms with Gasteiger partial charge >= 0.3 is 11.9 Å². The van der Waals surface area contributed by atoms with Crippen molar-refractivity contribution in [2.45, 2.75) is 115 Å². The van der Waals surface area contributed by atoms with Gasteiger partial charge in [0, 0.05) is 18.8 Å². The third-order valence-corrected chi connectivity index (χ3v) is 7.85. The number of carboxylic acids is 1. The summed E-state index contributed by atoms with van der Waals surface area (Å²) in [6, 6.07) is 0. The number of cyclic esters (lactones) is 1. The molecular weight excluding hydrogens is 568 g/mol. The van der Waals surface area contributed by atoms with Gasteiger partial charge in [-0.1, -0.05) is 88.5 Å². The smallest absolute Gasteiger partial charge is 0.312 e. The van der Waals surface area contributed by atoms with E-state index in [1.165, 1.54) is 12.2 Å². The van der Waals surface area contributed by atoms with E-state index in [2.05, 4.69) is 0 Å². The minimum atomic E-state index is -1.54. The molecule has 0 fully saturated rings. The molecule has 1 aliphatic heterocycles. The Morgan fingerprint density at radius 3 is 1.82 bits per heavy atom. The van der Waals surface area contributed by atoms with Crippen LogP contribution in [0.3, 0.4) is 0 Å². The molecule has 0 saturated heterocycles. The number of carbonyl (C=O) groups is 2. The molecule has 0 spiro atoms. The first-order chi connectivity index (χ1) is 20.8. The molecule has 0 bridgehead atoms. The summed E-state index contributed by atoms with van der Waals surface area (Å²) in [5, 5.41) is 72.4. The number of hydrogen-bond donors (Lipinski definition) is 7. The molecule has 1 aliphatic rings. The van der Waals surface area contributed by atoms with Gasteiger partial charge in [0.05, 0.1) is 42.5 Å². The standard InChI is InChI=1S/C34H54O10/c1-5-27-29(39)21-26(37)19-24(35)16-14-17-25(36)20-30(40)31(33(41)42)28(38)18-13-11-9-7-6-8-10-12-15-23(4)32(22(2)3)44-34(27)43/h6-13,15,18,22-32,35-40H,5,14,16-17,19-21H2,1-4H3,(H,41,42)/b7-6-,10-8-,11-9-,15-12-,18-13-/t23-,24-,25+,26-,27+,28+,29-,30+,31-,32+/m0/s1. The van der Waals surface area contributed by atoms with Crippen LogP contribution < -0.4 is 0 Å². The Kier molecular flexibility index (Phi) is 19.0. The third kappa shape index (κ3) is 14.9. The summed E-state index contributed by atoms with van der Waals surface area (Å²) >= 11 is 0. The Bertz CT molecular complexity index is 985. The maximum absolute atomic E-state index is 13.1. The molecule has 0 radical (unpaired) electrons. The van der Waals surface area contributed by atoms with Crippen LogP contribution in [0.5, 0.6) is 0 Å². The minimum Gasteiger partial charge on any atom is -0.481 e. The molecule has 10 nitrogen and oxygen atoms in total. The van der Waals surface area contributed by atoms with Crippen LogP contribution >= 0.6 is 0 Å². The van der Waals surface area contributed by atoms with Gasteiger partial charge < -0.3 is 40.5 Å². The molecule has 0 amide bonds. The number of ether oxygens (including phenoxy) is 1. The molecule has 0 unspecified atom stereocenters. The van der Waals surface area contributed by atoms with Crippen LogP contribution in [0.1, 0.15) is 72.6 Å². The molecule has 0 aromatic heterocycles. The van der Waals surface area contributed by atoms with Gasteiger partial charge in [-0.3, -0.25) is 9.59 Å². The summed E-state index contributed by atoms with van der Waals surface area (Å²) in [7, 11) is 0. The molecule has 7 N–H and O–H groups in total. The van der Waals surface area contributed by atoms with Gasteiger partial charge in [0.2, 0.25) is 0 Å². The zero-order chi connectivity index (χ0) is 33.2. The number of allylic oxidation sites excluding steroid dienone is 8. The summed E-state index contributed by atoms with van der Waals surface area (Å²) < 4.78 is 5.85. The fourth-order valence-corrected chi connectivity index (χ4v) is 5.34. The van der Waals surface area contributed by atoms with E-state index in [9.17, 15) is 45.3 Å². The molecule has 10 heteroatoms. The van der Waals surface area contributed by atoms with E-state index < -0.39 is 66.5 Å². The lowest BCUT2D eigenvalue weighted by Gasteiger charge is -2.29. The molecule has 44 heavy (non-hydrogen) atoms. The monoisotopic (exact) mass is 622 g/mol. The van der Waals surface area contributed by atoms with E-state index >= 15 is 0 Å². The van der Waals surface area contributed by atoms with E-state index in [1.807, 2.05) is 39.0 Å². The van der Waals surface area contributed by atoms with Crippen molar-refractivity contribution in [2.24, 2.45) is 23.7 Å². The Morgan fingerprint density at radius 2 is 1.30 bits per heavy atom. The maximum atomic E-state index is 13.1. The van der Waals surface area contributed by atoms with E-state index in [1.54, 1.807) is 37.3 Å². The van der Waals surface area contributed by atoms with Crippen LogP contribution in [0, 0.1) is 23.7 Å². The zero-order valence-electron chi connectivity index (χ0n) is 26.4. The van der Waals surface area contributed by atoms with E-state index in [0.29, 0.717) is 12.8 Å². The summed E-state index contributed by atoms with van der Waals surface area (Å²) in [4.78, 5) is 24.8. The van der Waals surface area contributed by atoms with Crippen molar-refractivity contribution in [3.05, 3.63) is 60.8 Å². The number of hydrogen-bond acceptors (Lipinski definition) is 9. The first-order valence-corrected chi connectivity index (χ1v) is 15.6. The molecular formula is C34H54O10. The van der Waals surface area contributed by atoms with Crippen molar-refractivity contribution in [1.29, 1.82) is 0 Å². The number of rotatable bonds is 3. The highest BCUT2D eigenvalue weighted by Crippen LogP contribution is 2.24. The normalized spacial score (nSPS) is 38.4.